The van der Waals surface area contributed by atoms with Crippen LogP contribution in [0.3, 0.4) is 0 Å². The van der Waals surface area contributed by atoms with Crippen molar-refractivity contribution in [2.24, 2.45) is 0 Å². The Balaban J connectivity index is 1.86. The van der Waals surface area contributed by atoms with Crippen molar-refractivity contribution < 1.29 is 5.11 Å². The molecule has 1 aromatic rings. The van der Waals surface area contributed by atoms with Crippen molar-refractivity contribution >= 4 is 11.3 Å². The number of aliphatic hydroxyl groups is 1. The van der Waals surface area contributed by atoms with Crippen molar-refractivity contribution in [1.82, 2.24) is 10.3 Å². The summed E-state index contributed by atoms with van der Waals surface area (Å²) in [5, 5.41) is 15.6. The van der Waals surface area contributed by atoms with Crippen LogP contribution >= 0.6 is 11.3 Å². The maximum absolute atomic E-state index is 9.06. The average molecular weight is 198 g/mol. The molecule has 72 valence electrons. The summed E-state index contributed by atoms with van der Waals surface area (Å²) in [4.78, 5) is 4.35. The summed E-state index contributed by atoms with van der Waals surface area (Å²) in [6.07, 6.45) is 2.18. The molecule has 0 spiro atoms. The van der Waals surface area contributed by atoms with Crippen molar-refractivity contribution in [3.05, 3.63) is 16.1 Å². The Labute approximate surface area is 81.8 Å². The Hall–Kier alpha value is -0.450. The lowest BCUT2D eigenvalue weighted by atomic mass is 10.3. The van der Waals surface area contributed by atoms with Crippen LogP contribution in [0.1, 0.15) is 23.5 Å². The van der Waals surface area contributed by atoms with E-state index in [1.54, 1.807) is 11.3 Å². The van der Waals surface area contributed by atoms with E-state index in [1.165, 1.54) is 0 Å². The topological polar surface area (TPSA) is 45.2 Å². The number of aryl methyl sites for hydroxylation is 1. The van der Waals surface area contributed by atoms with Crippen LogP contribution in [0.15, 0.2) is 5.38 Å². The second kappa shape index (κ2) is 3.36. The summed E-state index contributed by atoms with van der Waals surface area (Å²) in [5.41, 5.74) is 1.11. The zero-order valence-electron chi connectivity index (χ0n) is 7.71. The molecular weight excluding hydrogens is 184 g/mol. The minimum Gasteiger partial charge on any atom is -0.394 e. The molecule has 4 heteroatoms. The van der Waals surface area contributed by atoms with Crippen molar-refractivity contribution in [1.29, 1.82) is 0 Å². The van der Waals surface area contributed by atoms with Gasteiger partial charge in [-0.1, -0.05) is 0 Å². The number of hydrogen-bond acceptors (Lipinski definition) is 4. The van der Waals surface area contributed by atoms with Gasteiger partial charge in [0, 0.05) is 17.5 Å². The third-order valence-electron chi connectivity index (χ3n) is 2.47. The first-order valence-electron chi connectivity index (χ1n) is 4.51. The van der Waals surface area contributed by atoms with Gasteiger partial charge in [-0.3, -0.25) is 0 Å². The molecule has 1 heterocycles. The van der Waals surface area contributed by atoms with Gasteiger partial charge in [0.1, 0.15) is 0 Å². The number of hydrogen-bond donors (Lipinski definition) is 2. The third kappa shape index (κ3) is 2.07. The molecule has 2 rings (SSSR count). The molecule has 0 saturated heterocycles. The highest BCUT2D eigenvalue weighted by Crippen LogP contribution is 2.34. The Bertz CT molecular complexity index is 294. The van der Waals surface area contributed by atoms with Crippen molar-refractivity contribution in [2.45, 2.75) is 31.8 Å². The maximum Gasteiger partial charge on any atom is 0.0897 e. The lowest BCUT2D eigenvalue weighted by molar-refractivity contribution is 0.229. The molecule has 1 fully saturated rings. The number of nitrogens with zero attached hydrogens (tertiary/aromatic N) is 1. The van der Waals surface area contributed by atoms with Gasteiger partial charge in [0.2, 0.25) is 0 Å². The maximum atomic E-state index is 9.06. The van der Waals surface area contributed by atoms with Crippen LogP contribution in [0.25, 0.3) is 0 Å². The number of nitrogens with one attached hydrogen (secondary N) is 1. The van der Waals surface area contributed by atoms with Crippen LogP contribution in [0.5, 0.6) is 0 Å². The fraction of sp³-hybridized carbons (Fsp3) is 0.667. The van der Waals surface area contributed by atoms with Gasteiger partial charge in [0.15, 0.2) is 0 Å². The highest BCUT2D eigenvalue weighted by atomic mass is 32.1. The highest BCUT2D eigenvalue weighted by Gasteiger charge is 2.41. The van der Waals surface area contributed by atoms with Gasteiger partial charge in [-0.05, 0) is 19.8 Å². The lowest BCUT2D eigenvalue weighted by Gasteiger charge is -2.12. The van der Waals surface area contributed by atoms with E-state index in [-0.39, 0.29) is 12.1 Å². The SMILES string of the molecule is Cc1nc(CNC2(CO)CC2)cs1. The predicted molar refractivity (Wildman–Crippen MR) is 52.7 cm³/mol. The molecule has 1 saturated carbocycles. The first kappa shape index (κ1) is 9.12. The van der Waals surface area contributed by atoms with Gasteiger partial charge in [-0.15, -0.1) is 11.3 Å². The van der Waals surface area contributed by atoms with Gasteiger partial charge in [-0.2, -0.15) is 0 Å². The van der Waals surface area contributed by atoms with Crippen LogP contribution in [-0.4, -0.2) is 22.2 Å². The quantitative estimate of drug-likeness (QED) is 0.760. The molecule has 3 nitrogen and oxygen atoms in total. The van der Waals surface area contributed by atoms with Crippen LogP contribution in [0, 0.1) is 6.92 Å². The summed E-state index contributed by atoms with van der Waals surface area (Å²) in [6.45, 7) is 3.04. The van der Waals surface area contributed by atoms with Crippen molar-refractivity contribution in [2.75, 3.05) is 6.61 Å². The standard InChI is InChI=1S/C9H14N2OS/c1-7-11-8(5-13-7)4-10-9(6-12)2-3-9/h5,10,12H,2-4,6H2,1H3. The Kier molecular flexibility index (Phi) is 2.36. The molecule has 0 atom stereocenters. The van der Waals surface area contributed by atoms with Gasteiger partial charge in [0.05, 0.1) is 17.3 Å². The smallest absolute Gasteiger partial charge is 0.0897 e. The minimum absolute atomic E-state index is 0.0253. The summed E-state index contributed by atoms with van der Waals surface area (Å²) in [5.74, 6) is 0. The molecule has 2 N–H and O–H groups in total. The zero-order chi connectivity index (χ0) is 9.31. The monoisotopic (exact) mass is 198 g/mol. The molecule has 0 aliphatic heterocycles. The summed E-state index contributed by atoms with van der Waals surface area (Å²) in [6, 6.07) is 0. The molecule has 0 unspecified atom stereocenters. The number of rotatable bonds is 4. The average Bonchev–Trinajstić information content (AvgIpc) is 2.81. The van der Waals surface area contributed by atoms with E-state index in [0.29, 0.717) is 0 Å². The van der Waals surface area contributed by atoms with E-state index in [9.17, 15) is 0 Å². The third-order valence-corrected chi connectivity index (χ3v) is 3.29. The van der Waals surface area contributed by atoms with E-state index in [0.717, 1.165) is 30.1 Å². The molecule has 1 aliphatic rings. The van der Waals surface area contributed by atoms with E-state index in [1.807, 2.05) is 6.92 Å². The zero-order valence-corrected chi connectivity index (χ0v) is 8.52. The van der Waals surface area contributed by atoms with Gasteiger partial charge in [0.25, 0.3) is 0 Å². The normalized spacial score (nSPS) is 18.9. The molecule has 0 aromatic carbocycles. The number of aromatic nitrogens is 1. The van der Waals surface area contributed by atoms with E-state index in [2.05, 4.69) is 15.7 Å². The lowest BCUT2D eigenvalue weighted by Crippen LogP contribution is -2.34. The van der Waals surface area contributed by atoms with E-state index < -0.39 is 0 Å². The van der Waals surface area contributed by atoms with Crippen LogP contribution in [-0.2, 0) is 6.54 Å². The molecule has 13 heavy (non-hydrogen) atoms. The van der Waals surface area contributed by atoms with Crippen molar-refractivity contribution in [3.63, 3.8) is 0 Å². The predicted octanol–water partition coefficient (Wildman–Crippen LogP) is 1.07. The number of thiazole rings is 1. The van der Waals surface area contributed by atoms with E-state index in [4.69, 9.17) is 5.11 Å². The molecule has 1 aromatic heterocycles. The summed E-state index contributed by atoms with van der Waals surface area (Å²) < 4.78 is 0. The summed E-state index contributed by atoms with van der Waals surface area (Å²) >= 11 is 1.67. The molecule has 0 amide bonds. The van der Waals surface area contributed by atoms with Crippen LogP contribution in [0.4, 0.5) is 0 Å². The van der Waals surface area contributed by atoms with Gasteiger partial charge >= 0.3 is 0 Å². The Morgan fingerprint density at radius 1 is 1.69 bits per heavy atom. The second-order valence-corrected chi connectivity index (χ2v) is 4.71. The molecule has 0 bridgehead atoms. The minimum atomic E-state index is 0.0253. The molecule has 0 radical (unpaired) electrons. The first-order chi connectivity index (χ1) is 6.24. The van der Waals surface area contributed by atoms with Crippen LogP contribution < -0.4 is 5.32 Å². The fourth-order valence-electron chi connectivity index (χ4n) is 1.31. The Morgan fingerprint density at radius 2 is 2.46 bits per heavy atom. The van der Waals surface area contributed by atoms with Crippen molar-refractivity contribution in [3.8, 4) is 0 Å². The second-order valence-electron chi connectivity index (χ2n) is 3.65. The van der Waals surface area contributed by atoms with Gasteiger partial charge < -0.3 is 10.4 Å². The molecular formula is C9H14N2OS. The van der Waals surface area contributed by atoms with E-state index >= 15 is 0 Å². The molecule has 1 aliphatic carbocycles. The summed E-state index contributed by atoms with van der Waals surface area (Å²) in [7, 11) is 0. The van der Waals surface area contributed by atoms with Crippen LogP contribution in [0.2, 0.25) is 0 Å². The first-order valence-corrected chi connectivity index (χ1v) is 5.39. The largest absolute Gasteiger partial charge is 0.394 e. The highest BCUT2D eigenvalue weighted by molar-refractivity contribution is 7.09. The Morgan fingerprint density at radius 3 is 2.92 bits per heavy atom. The number of aliphatic hydroxyl groups excluding tert-OH is 1. The fourth-order valence-corrected chi connectivity index (χ4v) is 1.92. The van der Waals surface area contributed by atoms with Gasteiger partial charge in [-0.25, -0.2) is 4.98 Å².